The van der Waals surface area contributed by atoms with Crippen LogP contribution < -0.4 is 16.0 Å². The molecule has 0 saturated carbocycles. The Bertz CT molecular complexity index is 379. The second kappa shape index (κ2) is 3.92. The third-order valence-electron chi connectivity index (χ3n) is 2.63. The highest BCUT2D eigenvalue weighted by Crippen LogP contribution is 2.14. The zero-order valence-corrected chi connectivity index (χ0v) is 8.41. The van der Waals surface area contributed by atoms with E-state index in [1.807, 2.05) is 0 Å². The minimum Gasteiger partial charge on any atom is -0.352 e. The average Bonchev–Trinajstić information content (AvgIpc) is 2.52. The van der Waals surface area contributed by atoms with E-state index >= 15 is 0 Å². The van der Waals surface area contributed by atoms with E-state index < -0.39 is 17.9 Å². The van der Waals surface area contributed by atoms with Gasteiger partial charge in [0.15, 0.2) is 0 Å². The van der Waals surface area contributed by atoms with Gasteiger partial charge in [-0.3, -0.25) is 24.5 Å². The van der Waals surface area contributed by atoms with E-state index in [-0.39, 0.29) is 30.6 Å². The lowest BCUT2D eigenvalue weighted by atomic mass is 10.0. The van der Waals surface area contributed by atoms with E-state index in [2.05, 4.69) is 16.0 Å². The fourth-order valence-electron chi connectivity index (χ4n) is 1.65. The maximum atomic E-state index is 11.4. The second-order valence-corrected chi connectivity index (χ2v) is 3.88. The summed E-state index contributed by atoms with van der Waals surface area (Å²) in [6.07, 6.45) is -0.00945. The van der Waals surface area contributed by atoms with Gasteiger partial charge in [-0.15, -0.1) is 0 Å². The van der Waals surface area contributed by atoms with Crippen LogP contribution in [-0.2, 0) is 19.2 Å². The molecule has 0 aromatic rings. The van der Waals surface area contributed by atoms with Crippen LogP contribution in [-0.4, -0.2) is 36.2 Å². The number of carbonyl (C=O) groups excluding carboxylic acids is 4. The van der Waals surface area contributed by atoms with Crippen molar-refractivity contribution >= 4 is 23.6 Å². The topological polar surface area (TPSA) is 104 Å². The summed E-state index contributed by atoms with van der Waals surface area (Å²) in [5, 5.41) is 7.10. The zero-order valence-electron chi connectivity index (χ0n) is 8.41. The van der Waals surface area contributed by atoms with Gasteiger partial charge in [0.05, 0.1) is 5.92 Å². The van der Waals surface area contributed by atoms with Crippen LogP contribution >= 0.6 is 0 Å². The van der Waals surface area contributed by atoms with Crippen LogP contribution in [0.1, 0.15) is 12.8 Å². The van der Waals surface area contributed by atoms with Crippen molar-refractivity contribution in [3.05, 3.63) is 0 Å². The number of nitrogens with one attached hydrogen (secondary N) is 3. The summed E-state index contributed by atoms with van der Waals surface area (Å²) < 4.78 is 0. The highest BCUT2D eigenvalue weighted by atomic mass is 16.2. The summed E-state index contributed by atoms with van der Waals surface area (Å²) in [7, 11) is 0. The number of hydrogen-bond acceptors (Lipinski definition) is 4. The van der Waals surface area contributed by atoms with Crippen LogP contribution in [0, 0.1) is 5.92 Å². The van der Waals surface area contributed by atoms with Gasteiger partial charge in [0, 0.05) is 19.4 Å². The third kappa shape index (κ3) is 2.02. The minimum atomic E-state index is -0.601. The van der Waals surface area contributed by atoms with Crippen LogP contribution in [0.5, 0.6) is 0 Å². The molecule has 2 unspecified atom stereocenters. The van der Waals surface area contributed by atoms with Gasteiger partial charge in [-0.25, -0.2) is 0 Å². The molecule has 0 aromatic carbocycles. The first kappa shape index (κ1) is 10.6. The Kier molecular flexibility index (Phi) is 2.59. The predicted molar refractivity (Wildman–Crippen MR) is 50.8 cm³/mol. The Labute approximate surface area is 90.9 Å². The Balaban J connectivity index is 1.81. The SMILES string of the molecule is O=C1CC(CC(=O)NC2CNC2=O)C(=O)N1. The summed E-state index contributed by atoms with van der Waals surface area (Å²) in [5.74, 6) is -1.98. The van der Waals surface area contributed by atoms with Gasteiger partial charge in [0.1, 0.15) is 6.04 Å². The molecule has 16 heavy (non-hydrogen) atoms. The van der Waals surface area contributed by atoms with Crippen molar-refractivity contribution in [3.63, 3.8) is 0 Å². The third-order valence-corrected chi connectivity index (χ3v) is 2.63. The molecule has 4 amide bonds. The Morgan fingerprint density at radius 1 is 1.31 bits per heavy atom. The number of hydrogen-bond donors (Lipinski definition) is 3. The summed E-state index contributed by atoms with van der Waals surface area (Å²) in [6.45, 7) is 0.417. The van der Waals surface area contributed by atoms with Crippen LogP contribution in [0.15, 0.2) is 0 Å². The first-order chi connectivity index (χ1) is 7.56. The highest BCUT2D eigenvalue weighted by molar-refractivity contribution is 6.05. The predicted octanol–water partition coefficient (Wildman–Crippen LogP) is -2.35. The van der Waals surface area contributed by atoms with Crippen LogP contribution in [0.25, 0.3) is 0 Å². The molecule has 0 aliphatic carbocycles. The minimum absolute atomic E-state index is 0.0448. The molecule has 7 heteroatoms. The lowest BCUT2D eigenvalue weighted by Gasteiger charge is -2.26. The summed E-state index contributed by atoms with van der Waals surface area (Å²) in [4.78, 5) is 44.3. The molecule has 2 aliphatic heterocycles. The molecule has 86 valence electrons. The summed E-state index contributed by atoms with van der Waals surface area (Å²) >= 11 is 0. The number of amides is 4. The van der Waals surface area contributed by atoms with Gasteiger partial charge in [0.25, 0.3) is 0 Å². The number of carbonyl (C=O) groups is 4. The lowest BCUT2D eigenvalue weighted by molar-refractivity contribution is -0.134. The fraction of sp³-hybridized carbons (Fsp3) is 0.556. The number of rotatable bonds is 3. The van der Waals surface area contributed by atoms with Crippen molar-refractivity contribution in [2.75, 3.05) is 6.54 Å². The zero-order chi connectivity index (χ0) is 11.7. The molecule has 2 atom stereocenters. The molecule has 0 spiro atoms. The van der Waals surface area contributed by atoms with Crippen LogP contribution in [0.4, 0.5) is 0 Å². The Hall–Kier alpha value is -1.92. The van der Waals surface area contributed by atoms with Gasteiger partial charge in [-0.2, -0.15) is 0 Å². The van der Waals surface area contributed by atoms with Crippen molar-refractivity contribution in [3.8, 4) is 0 Å². The summed E-state index contributed by atoms with van der Waals surface area (Å²) in [5.41, 5.74) is 0. The molecule has 2 aliphatic rings. The van der Waals surface area contributed by atoms with Crippen molar-refractivity contribution in [1.29, 1.82) is 0 Å². The van der Waals surface area contributed by atoms with Gasteiger partial charge < -0.3 is 10.6 Å². The monoisotopic (exact) mass is 225 g/mol. The fourth-order valence-corrected chi connectivity index (χ4v) is 1.65. The molecular formula is C9H11N3O4. The molecule has 2 saturated heterocycles. The largest absolute Gasteiger partial charge is 0.352 e. The Morgan fingerprint density at radius 3 is 2.50 bits per heavy atom. The number of β-lactam (4-membered cyclic amide) rings is 1. The van der Waals surface area contributed by atoms with Gasteiger partial charge in [-0.1, -0.05) is 0 Å². The molecule has 2 fully saturated rings. The highest BCUT2D eigenvalue weighted by Gasteiger charge is 2.34. The lowest BCUT2D eigenvalue weighted by Crippen LogP contribution is -2.61. The van der Waals surface area contributed by atoms with E-state index in [1.54, 1.807) is 0 Å². The molecule has 2 rings (SSSR count). The first-order valence-corrected chi connectivity index (χ1v) is 4.97. The first-order valence-electron chi connectivity index (χ1n) is 4.97. The van der Waals surface area contributed by atoms with Crippen molar-refractivity contribution in [2.24, 2.45) is 5.92 Å². The molecule has 0 bridgehead atoms. The number of imide groups is 1. The van der Waals surface area contributed by atoms with E-state index in [0.717, 1.165) is 0 Å². The van der Waals surface area contributed by atoms with Crippen molar-refractivity contribution in [2.45, 2.75) is 18.9 Å². The second-order valence-electron chi connectivity index (χ2n) is 3.88. The normalized spacial score (nSPS) is 28.1. The van der Waals surface area contributed by atoms with E-state index in [9.17, 15) is 19.2 Å². The standard InChI is InChI=1S/C9H11N3O4/c13-6(11-5-3-10-9(5)16)1-4-2-7(14)12-8(4)15/h4-5H,1-3H2,(H,10,16)(H,11,13)(H,12,14,15). The van der Waals surface area contributed by atoms with Gasteiger partial charge in [0.2, 0.25) is 23.6 Å². The van der Waals surface area contributed by atoms with E-state index in [4.69, 9.17) is 0 Å². The molecule has 2 heterocycles. The molecule has 0 radical (unpaired) electrons. The van der Waals surface area contributed by atoms with Gasteiger partial charge >= 0.3 is 0 Å². The maximum Gasteiger partial charge on any atom is 0.244 e. The molecule has 3 N–H and O–H groups in total. The van der Waals surface area contributed by atoms with Crippen molar-refractivity contribution in [1.82, 2.24) is 16.0 Å². The van der Waals surface area contributed by atoms with Crippen molar-refractivity contribution < 1.29 is 19.2 Å². The molecule has 0 aromatic heterocycles. The van der Waals surface area contributed by atoms with Gasteiger partial charge in [-0.05, 0) is 0 Å². The van der Waals surface area contributed by atoms with E-state index in [0.29, 0.717) is 6.54 Å². The quantitative estimate of drug-likeness (QED) is 0.369. The van der Waals surface area contributed by atoms with Crippen LogP contribution in [0.3, 0.4) is 0 Å². The summed E-state index contributed by atoms with van der Waals surface area (Å²) in [6, 6.07) is -0.493. The molecular weight excluding hydrogens is 214 g/mol. The smallest absolute Gasteiger partial charge is 0.244 e. The average molecular weight is 225 g/mol. The Morgan fingerprint density at radius 2 is 2.06 bits per heavy atom. The molecule has 7 nitrogen and oxygen atoms in total. The van der Waals surface area contributed by atoms with Crippen LogP contribution in [0.2, 0.25) is 0 Å². The maximum absolute atomic E-state index is 11.4. The van der Waals surface area contributed by atoms with E-state index in [1.165, 1.54) is 0 Å².